The van der Waals surface area contributed by atoms with Gasteiger partial charge in [0.05, 0.1) is 12.2 Å². The second kappa shape index (κ2) is 6.61. The summed E-state index contributed by atoms with van der Waals surface area (Å²) in [5.74, 6) is 0.639. The molecule has 1 fully saturated rings. The molecule has 3 heteroatoms. The first-order chi connectivity index (χ1) is 11.2. The molecular weight excluding hydrogens is 288 g/mol. The second-order valence-electron chi connectivity index (χ2n) is 6.42. The lowest BCUT2D eigenvalue weighted by molar-refractivity contribution is -0.139. The summed E-state index contributed by atoms with van der Waals surface area (Å²) in [6.07, 6.45) is 6.41. The van der Waals surface area contributed by atoms with Gasteiger partial charge in [0.25, 0.3) is 0 Å². The van der Waals surface area contributed by atoms with Crippen LogP contribution >= 0.6 is 0 Å². The zero-order valence-electron chi connectivity index (χ0n) is 13.7. The topological polar surface area (TPSA) is 35.5 Å². The molecule has 3 nitrogen and oxygen atoms in total. The highest BCUT2D eigenvalue weighted by Crippen LogP contribution is 2.53. The third-order valence-electron chi connectivity index (χ3n) is 4.87. The Bertz CT molecular complexity index is 617. The maximum absolute atomic E-state index is 12.3. The van der Waals surface area contributed by atoms with E-state index in [1.165, 1.54) is 5.56 Å². The summed E-state index contributed by atoms with van der Waals surface area (Å²) in [4.78, 5) is 12.3. The van der Waals surface area contributed by atoms with E-state index >= 15 is 0 Å². The van der Waals surface area contributed by atoms with Gasteiger partial charge in [-0.25, -0.2) is 4.79 Å². The molecule has 3 rings (SSSR count). The van der Waals surface area contributed by atoms with Gasteiger partial charge in [0.15, 0.2) is 0 Å². The molecule has 1 heterocycles. The van der Waals surface area contributed by atoms with Gasteiger partial charge < -0.3 is 9.47 Å². The van der Waals surface area contributed by atoms with Crippen LogP contribution in [0.15, 0.2) is 54.3 Å². The molecule has 1 aromatic carbocycles. The Kier molecular flexibility index (Phi) is 4.56. The average molecular weight is 312 g/mol. The molecule has 1 aliphatic carbocycles. The van der Waals surface area contributed by atoms with Gasteiger partial charge in [-0.15, -0.1) is 0 Å². The quantitative estimate of drug-likeness (QED) is 0.604. The number of ether oxygens (including phenoxy) is 2. The zero-order valence-corrected chi connectivity index (χ0v) is 13.7. The molecule has 0 bridgehead atoms. The highest BCUT2D eigenvalue weighted by molar-refractivity contribution is 5.89. The number of carbonyl (C=O) groups excluding carboxylic acids is 1. The summed E-state index contributed by atoms with van der Waals surface area (Å²) in [6, 6.07) is 10.4. The summed E-state index contributed by atoms with van der Waals surface area (Å²) < 4.78 is 11.4. The Morgan fingerprint density at radius 2 is 2.22 bits per heavy atom. The molecule has 0 N–H and O–H groups in total. The third-order valence-corrected chi connectivity index (χ3v) is 4.87. The van der Waals surface area contributed by atoms with Gasteiger partial charge in [-0.1, -0.05) is 43.0 Å². The second-order valence-corrected chi connectivity index (χ2v) is 6.42. The minimum atomic E-state index is -0.218. The lowest BCUT2D eigenvalue weighted by atomic mass is 9.69. The minimum absolute atomic E-state index is 0.0174. The average Bonchev–Trinajstić information content (AvgIpc) is 2.94. The van der Waals surface area contributed by atoms with Crippen molar-refractivity contribution in [2.24, 2.45) is 5.41 Å². The van der Waals surface area contributed by atoms with Crippen molar-refractivity contribution >= 4 is 5.97 Å². The SMILES string of the molecule is C=C[C@H]1C[C@@]2(Cc3ccccc3)CCCC(C(=O)OCC)=C2O1. The van der Waals surface area contributed by atoms with Crippen LogP contribution in [0.5, 0.6) is 0 Å². The van der Waals surface area contributed by atoms with E-state index in [0.29, 0.717) is 6.61 Å². The minimum Gasteiger partial charge on any atom is -0.490 e. The summed E-state index contributed by atoms with van der Waals surface area (Å²) in [5, 5.41) is 0. The Balaban J connectivity index is 1.99. The standard InChI is InChI=1S/C20H24O3/c1-3-16-14-20(13-15-9-6-5-7-10-15)12-8-11-17(18(20)23-16)19(21)22-4-2/h3,5-7,9-10,16H,1,4,8,11-14H2,2H3/t16-,20-/m0/s1. The van der Waals surface area contributed by atoms with Crippen LogP contribution in [0.4, 0.5) is 0 Å². The van der Waals surface area contributed by atoms with Crippen LogP contribution in [0.2, 0.25) is 0 Å². The maximum atomic E-state index is 12.3. The van der Waals surface area contributed by atoms with E-state index in [1.807, 2.05) is 19.1 Å². The predicted octanol–water partition coefficient (Wildman–Crippen LogP) is 4.19. The van der Waals surface area contributed by atoms with Crippen molar-refractivity contribution in [3.05, 3.63) is 59.9 Å². The number of carbonyl (C=O) groups is 1. The first-order valence-electron chi connectivity index (χ1n) is 8.42. The summed E-state index contributed by atoms with van der Waals surface area (Å²) in [5.41, 5.74) is 1.92. The molecule has 1 aromatic rings. The molecule has 0 spiro atoms. The van der Waals surface area contributed by atoms with Gasteiger partial charge in [-0.3, -0.25) is 0 Å². The number of allylic oxidation sites excluding steroid dienone is 1. The Labute approximate surface area is 138 Å². The van der Waals surface area contributed by atoms with E-state index in [1.54, 1.807) is 0 Å². The monoisotopic (exact) mass is 312 g/mol. The van der Waals surface area contributed by atoms with Crippen LogP contribution < -0.4 is 0 Å². The van der Waals surface area contributed by atoms with Crippen molar-refractivity contribution in [2.45, 2.75) is 45.1 Å². The molecule has 0 amide bonds. The number of hydrogen-bond donors (Lipinski definition) is 0. The van der Waals surface area contributed by atoms with E-state index in [2.05, 4.69) is 30.8 Å². The van der Waals surface area contributed by atoms with Gasteiger partial charge in [-0.2, -0.15) is 0 Å². The van der Waals surface area contributed by atoms with E-state index in [4.69, 9.17) is 9.47 Å². The lowest BCUT2D eigenvalue weighted by Crippen LogP contribution is -2.29. The van der Waals surface area contributed by atoms with E-state index in [0.717, 1.165) is 43.4 Å². The molecule has 2 atom stereocenters. The summed E-state index contributed by atoms with van der Waals surface area (Å²) in [7, 11) is 0. The molecule has 23 heavy (non-hydrogen) atoms. The van der Waals surface area contributed by atoms with Gasteiger partial charge >= 0.3 is 5.97 Å². The molecule has 0 radical (unpaired) electrons. The molecule has 0 unspecified atom stereocenters. The molecular formula is C20H24O3. The molecule has 1 aliphatic heterocycles. The molecule has 2 aliphatic rings. The maximum Gasteiger partial charge on any atom is 0.337 e. The third kappa shape index (κ3) is 3.05. The fourth-order valence-electron chi connectivity index (χ4n) is 3.89. The molecule has 0 saturated carbocycles. The van der Waals surface area contributed by atoms with Crippen LogP contribution in [0, 0.1) is 5.41 Å². The normalized spacial score (nSPS) is 26.4. The Morgan fingerprint density at radius 1 is 1.43 bits per heavy atom. The van der Waals surface area contributed by atoms with E-state index < -0.39 is 0 Å². The first-order valence-corrected chi connectivity index (χ1v) is 8.42. The van der Waals surface area contributed by atoms with Crippen LogP contribution in [0.1, 0.15) is 38.2 Å². The molecule has 122 valence electrons. The van der Waals surface area contributed by atoms with Gasteiger partial charge in [-0.05, 0) is 38.2 Å². The summed E-state index contributed by atoms with van der Waals surface area (Å²) >= 11 is 0. The first kappa shape index (κ1) is 15.9. The number of hydrogen-bond acceptors (Lipinski definition) is 3. The van der Waals surface area contributed by atoms with Gasteiger partial charge in [0.1, 0.15) is 11.9 Å². The highest BCUT2D eigenvalue weighted by atomic mass is 16.5. The van der Waals surface area contributed by atoms with Crippen LogP contribution in [0.3, 0.4) is 0 Å². The fraction of sp³-hybridized carbons (Fsp3) is 0.450. The molecule has 1 saturated heterocycles. The van der Waals surface area contributed by atoms with Crippen LogP contribution in [0.25, 0.3) is 0 Å². The van der Waals surface area contributed by atoms with Crippen molar-refractivity contribution in [3.63, 3.8) is 0 Å². The number of fused-ring (bicyclic) bond motifs is 1. The van der Waals surface area contributed by atoms with Crippen molar-refractivity contribution < 1.29 is 14.3 Å². The van der Waals surface area contributed by atoms with Gasteiger partial charge in [0, 0.05) is 11.8 Å². The zero-order chi connectivity index (χ0) is 16.3. The highest BCUT2D eigenvalue weighted by Gasteiger charge is 2.48. The Morgan fingerprint density at radius 3 is 2.91 bits per heavy atom. The van der Waals surface area contributed by atoms with Crippen LogP contribution in [-0.2, 0) is 20.7 Å². The van der Waals surface area contributed by atoms with Crippen molar-refractivity contribution in [1.29, 1.82) is 0 Å². The largest absolute Gasteiger partial charge is 0.490 e. The van der Waals surface area contributed by atoms with Crippen molar-refractivity contribution in [2.75, 3.05) is 6.61 Å². The predicted molar refractivity (Wildman–Crippen MR) is 89.8 cm³/mol. The Hall–Kier alpha value is -2.03. The summed E-state index contributed by atoms with van der Waals surface area (Å²) in [6.45, 7) is 6.11. The smallest absolute Gasteiger partial charge is 0.337 e. The van der Waals surface area contributed by atoms with Crippen LogP contribution in [-0.4, -0.2) is 18.7 Å². The van der Waals surface area contributed by atoms with E-state index in [-0.39, 0.29) is 17.5 Å². The lowest BCUT2D eigenvalue weighted by Gasteiger charge is -2.33. The number of rotatable bonds is 5. The molecule has 0 aromatic heterocycles. The number of benzene rings is 1. The van der Waals surface area contributed by atoms with Crippen molar-refractivity contribution in [3.8, 4) is 0 Å². The van der Waals surface area contributed by atoms with E-state index in [9.17, 15) is 4.79 Å². The number of esters is 1. The fourth-order valence-corrected chi connectivity index (χ4v) is 3.89. The van der Waals surface area contributed by atoms with Crippen molar-refractivity contribution in [1.82, 2.24) is 0 Å². The van der Waals surface area contributed by atoms with Gasteiger partial charge in [0.2, 0.25) is 0 Å².